The van der Waals surface area contributed by atoms with Crippen molar-refractivity contribution in [1.82, 2.24) is 0 Å². The van der Waals surface area contributed by atoms with Crippen LogP contribution in [0, 0.1) is 0 Å². The summed E-state index contributed by atoms with van der Waals surface area (Å²) in [6, 6.07) is 10.3. The van der Waals surface area contributed by atoms with Gasteiger partial charge < -0.3 is 0 Å². The predicted octanol–water partition coefficient (Wildman–Crippen LogP) is 3.31. The van der Waals surface area contributed by atoms with Crippen molar-refractivity contribution in [3.05, 3.63) is 41.8 Å². The molecule has 0 atom stereocenters. The van der Waals surface area contributed by atoms with Gasteiger partial charge in [0.25, 0.3) is 0 Å². The van der Waals surface area contributed by atoms with E-state index in [2.05, 4.69) is 17.5 Å². The Morgan fingerprint density at radius 3 is 2.50 bits per heavy atom. The molecule has 0 bridgehead atoms. The number of hydrogen-bond acceptors (Lipinski definition) is 1. The molecule has 0 aliphatic heterocycles. The SMILES string of the molecule is C/C=C\Sc1ccccc1. The molecule has 0 nitrogen and oxygen atoms in total. The summed E-state index contributed by atoms with van der Waals surface area (Å²) in [5.74, 6) is 0. The zero-order chi connectivity index (χ0) is 7.23. The molecule has 0 amide bonds. The van der Waals surface area contributed by atoms with Crippen LogP contribution in [0.5, 0.6) is 0 Å². The fourth-order valence-corrected chi connectivity index (χ4v) is 1.25. The van der Waals surface area contributed by atoms with Gasteiger partial charge in [-0.15, -0.1) is 0 Å². The van der Waals surface area contributed by atoms with Crippen LogP contribution >= 0.6 is 11.8 Å². The van der Waals surface area contributed by atoms with E-state index in [4.69, 9.17) is 0 Å². The summed E-state index contributed by atoms with van der Waals surface area (Å²) in [6.45, 7) is 2.02. The van der Waals surface area contributed by atoms with Crippen molar-refractivity contribution in [2.24, 2.45) is 0 Å². The van der Waals surface area contributed by atoms with Gasteiger partial charge in [-0.2, -0.15) is 0 Å². The Kier molecular flexibility index (Phi) is 3.10. The molecule has 0 heterocycles. The van der Waals surface area contributed by atoms with Crippen molar-refractivity contribution < 1.29 is 0 Å². The van der Waals surface area contributed by atoms with Crippen LogP contribution in [0.1, 0.15) is 6.92 Å². The number of thioether (sulfide) groups is 1. The molecule has 0 N–H and O–H groups in total. The molecule has 0 saturated heterocycles. The smallest absolute Gasteiger partial charge is 0.0116 e. The maximum atomic E-state index is 2.10. The summed E-state index contributed by atoms with van der Waals surface area (Å²) in [6.07, 6.45) is 2.04. The highest BCUT2D eigenvalue weighted by molar-refractivity contribution is 8.02. The molecule has 0 aliphatic rings. The lowest BCUT2D eigenvalue weighted by Gasteiger charge is -1.91. The summed E-state index contributed by atoms with van der Waals surface area (Å²) >= 11 is 1.74. The lowest BCUT2D eigenvalue weighted by atomic mass is 10.4. The van der Waals surface area contributed by atoms with Crippen molar-refractivity contribution in [2.75, 3.05) is 0 Å². The zero-order valence-corrected chi connectivity index (χ0v) is 6.77. The Hall–Kier alpha value is -0.690. The second kappa shape index (κ2) is 4.18. The van der Waals surface area contributed by atoms with Gasteiger partial charge in [-0.25, -0.2) is 0 Å². The highest BCUT2D eigenvalue weighted by Gasteiger charge is 1.83. The Morgan fingerprint density at radius 2 is 1.90 bits per heavy atom. The monoisotopic (exact) mass is 150 g/mol. The van der Waals surface area contributed by atoms with Crippen molar-refractivity contribution in [3.8, 4) is 0 Å². The molecule has 10 heavy (non-hydrogen) atoms. The summed E-state index contributed by atoms with van der Waals surface area (Å²) in [5.41, 5.74) is 0. The molecule has 1 heteroatoms. The standard InChI is InChI=1S/C9H10S/c1-2-8-10-9-6-4-3-5-7-9/h2-8H,1H3/b8-2-. The number of allylic oxidation sites excluding steroid dienone is 1. The molecule has 0 aromatic heterocycles. The van der Waals surface area contributed by atoms with Gasteiger partial charge in [-0.05, 0) is 24.5 Å². The highest BCUT2D eigenvalue weighted by Crippen LogP contribution is 2.17. The normalized spacial score (nSPS) is 10.5. The zero-order valence-electron chi connectivity index (χ0n) is 5.95. The second-order valence-electron chi connectivity index (χ2n) is 1.90. The first-order valence-corrected chi connectivity index (χ1v) is 4.14. The van der Waals surface area contributed by atoms with E-state index in [1.54, 1.807) is 11.8 Å². The Labute approximate surface area is 66.0 Å². The van der Waals surface area contributed by atoms with Crippen LogP contribution in [0.4, 0.5) is 0 Å². The molecule has 0 radical (unpaired) electrons. The van der Waals surface area contributed by atoms with Gasteiger partial charge in [0.05, 0.1) is 0 Å². The van der Waals surface area contributed by atoms with Crippen molar-refractivity contribution in [1.29, 1.82) is 0 Å². The van der Waals surface area contributed by atoms with Crippen LogP contribution in [-0.4, -0.2) is 0 Å². The molecule has 1 aromatic rings. The van der Waals surface area contributed by atoms with Crippen molar-refractivity contribution in [3.63, 3.8) is 0 Å². The first-order chi connectivity index (χ1) is 4.93. The van der Waals surface area contributed by atoms with Crippen LogP contribution in [0.2, 0.25) is 0 Å². The van der Waals surface area contributed by atoms with E-state index in [0.717, 1.165) is 0 Å². The fraction of sp³-hybridized carbons (Fsp3) is 0.111. The van der Waals surface area contributed by atoms with Gasteiger partial charge in [0.2, 0.25) is 0 Å². The molecule has 52 valence electrons. The Morgan fingerprint density at radius 1 is 1.20 bits per heavy atom. The van der Waals surface area contributed by atoms with Gasteiger partial charge in [0, 0.05) is 4.90 Å². The maximum Gasteiger partial charge on any atom is 0.0116 e. The summed E-state index contributed by atoms with van der Waals surface area (Å²) in [7, 11) is 0. The van der Waals surface area contributed by atoms with Gasteiger partial charge >= 0.3 is 0 Å². The van der Waals surface area contributed by atoms with E-state index < -0.39 is 0 Å². The average Bonchev–Trinajstić information content (AvgIpc) is 2.03. The number of hydrogen-bond donors (Lipinski definition) is 0. The van der Waals surface area contributed by atoms with E-state index in [-0.39, 0.29) is 0 Å². The van der Waals surface area contributed by atoms with Gasteiger partial charge in [-0.1, -0.05) is 36.0 Å². The lowest BCUT2D eigenvalue weighted by molar-refractivity contribution is 1.47. The minimum atomic E-state index is 1.29. The lowest BCUT2D eigenvalue weighted by Crippen LogP contribution is -1.63. The van der Waals surface area contributed by atoms with Crippen LogP contribution in [-0.2, 0) is 0 Å². The molecular weight excluding hydrogens is 140 g/mol. The highest BCUT2D eigenvalue weighted by atomic mass is 32.2. The van der Waals surface area contributed by atoms with Crippen LogP contribution in [0.3, 0.4) is 0 Å². The van der Waals surface area contributed by atoms with Crippen LogP contribution in [0.15, 0.2) is 46.7 Å². The third kappa shape index (κ3) is 2.28. The quantitative estimate of drug-likeness (QED) is 0.583. The molecule has 0 unspecified atom stereocenters. The first-order valence-electron chi connectivity index (χ1n) is 3.26. The fourth-order valence-electron chi connectivity index (χ4n) is 0.646. The molecule has 1 aromatic carbocycles. The summed E-state index contributed by atoms with van der Waals surface area (Å²) < 4.78 is 0. The number of benzene rings is 1. The summed E-state index contributed by atoms with van der Waals surface area (Å²) in [4.78, 5) is 1.29. The Balaban J connectivity index is 2.59. The third-order valence-corrected chi connectivity index (χ3v) is 2.04. The van der Waals surface area contributed by atoms with E-state index >= 15 is 0 Å². The molecule has 0 spiro atoms. The molecule has 0 fully saturated rings. The predicted molar refractivity (Wildman–Crippen MR) is 47.1 cm³/mol. The third-order valence-electron chi connectivity index (χ3n) is 1.08. The minimum absolute atomic E-state index is 1.29. The van der Waals surface area contributed by atoms with Gasteiger partial charge in [-0.3, -0.25) is 0 Å². The van der Waals surface area contributed by atoms with Gasteiger partial charge in [0.15, 0.2) is 0 Å². The minimum Gasteiger partial charge on any atom is -0.0984 e. The molecule has 0 saturated carbocycles. The second-order valence-corrected chi connectivity index (χ2v) is 2.88. The largest absolute Gasteiger partial charge is 0.0984 e. The van der Waals surface area contributed by atoms with E-state index in [1.807, 2.05) is 31.2 Å². The van der Waals surface area contributed by atoms with Crippen LogP contribution < -0.4 is 0 Å². The topological polar surface area (TPSA) is 0 Å². The van der Waals surface area contributed by atoms with Crippen molar-refractivity contribution >= 4 is 11.8 Å². The molecule has 0 aliphatic carbocycles. The van der Waals surface area contributed by atoms with Crippen LogP contribution in [0.25, 0.3) is 0 Å². The van der Waals surface area contributed by atoms with E-state index in [9.17, 15) is 0 Å². The maximum absolute atomic E-state index is 2.10. The average molecular weight is 150 g/mol. The van der Waals surface area contributed by atoms with E-state index in [1.165, 1.54) is 4.90 Å². The number of rotatable bonds is 2. The van der Waals surface area contributed by atoms with Gasteiger partial charge in [0.1, 0.15) is 0 Å². The van der Waals surface area contributed by atoms with E-state index in [0.29, 0.717) is 0 Å². The first kappa shape index (κ1) is 7.42. The Bertz CT molecular complexity index is 201. The molecule has 1 rings (SSSR count). The van der Waals surface area contributed by atoms with Crippen molar-refractivity contribution in [2.45, 2.75) is 11.8 Å². The molecular formula is C9H10S. The summed E-state index contributed by atoms with van der Waals surface area (Å²) in [5, 5.41) is 2.08.